The molecule has 1 aliphatic rings. The number of nitrogens with zero attached hydrogens (tertiary/aromatic N) is 3. The summed E-state index contributed by atoms with van der Waals surface area (Å²) in [6.07, 6.45) is 0. The van der Waals surface area contributed by atoms with Crippen molar-refractivity contribution in [3.8, 4) is 0 Å². The predicted octanol–water partition coefficient (Wildman–Crippen LogP) is 2.50. The zero-order chi connectivity index (χ0) is 17.8. The van der Waals surface area contributed by atoms with Gasteiger partial charge in [0.2, 0.25) is 5.91 Å². The predicted molar refractivity (Wildman–Crippen MR) is 99.3 cm³/mol. The highest BCUT2D eigenvalue weighted by atomic mass is 35.5. The van der Waals surface area contributed by atoms with Crippen LogP contribution in [0.2, 0.25) is 5.02 Å². The maximum Gasteiger partial charge on any atom is 0.256 e. The summed E-state index contributed by atoms with van der Waals surface area (Å²) >= 11 is 7.35. The lowest BCUT2D eigenvalue weighted by Crippen LogP contribution is -2.50. The van der Waals surface area contributed by atoms with Crippen LogP contribution in [-0.4, -0.2) is 58.7 Å². The number of para-hydroxylation sites is 1. The fraction of sp³-hybridized carbons (Fsp3) is 0.353. The maximum absolute atomic E-state index is 12.5. The summed E-state index contributed by atoms with van der Waals surface area (Å²) in [5.74, 6) is -0.0859. The molecule has 0 aliphatic carbocycles. The van der Waals surface area contributed by atoms with E-state index in [1.807, 2.05) is 28.9 Å². The minimum Gasteiger partial charge on any atom is -0.336 e. The number of aryl methyl sites for hydroxylation is 1. The maximum atomic E-state index is 12.5. The van der Waals surface area contributed by atoms with Gasteiger partial charge in [0.05, 0.1) is 28.5 Å². The summed E-state index contributed by atoms with van der Waals surface area (Å²) in [5, 5.41) is 5.13. The lowest BCUT2D eigenvalue weighted by molar-refractivity contribution is -0.117. The number of aromatic nitrogens is 1. The van der Waals surface area contributed by atoms with Crippen LogP contribution in [0.25, 0.3) is 0 Å². The third-order valence-corrected chi connectivity index (χ3v) is 5.21. The Hall–Kier alpha value is -1.96. The molecule has 8 heteroatoms. The Balaban J connectivity index is 1.49. The summed E-state index contributed by atoms with van der Waals surface area (Å²) in [6.45, 7) is 4.67. The van der Waals surface area contributed by atoms with Crippen molar-refractivity contribution >= 4 is 40.6 Å². The van der Waals surface area contributed by atoms with Gasteiger partial charge >= 0.3 is 0 Å². The molecular weight excluding hydrogens is 360 g/mol. The number of anilines is 1. The van der Waals surface area contributed by atoms with Crippen LogP contribution in [-0.2, 0) is 4.79 Å². The summed E-state index contributed by atoms with van der Waals surface area (Å²) in [4.78, 5) is 28.5. The van der Waals surface area contributed by atoms with Crippen molar-refractivity contribution in [2.45, 2.75) is 6.92 Å². The van der Waals surface area contributed by atoms with E-state index >= 15 is 0 Å². The van der Waals surface area contributed by atoms with Gasteiger partial charge in [0.15, 0.2) is 0 Å². The van der Waals surface area contributed by atoms with Crippen molar-refractivity contribution in [2.24, 2.45) is 0 Å². The second-order valence-corrected chi connectivity index (χ2v) is 6.95. The van der Waals surface area contributed by atoms with Gasteiger partial charge in [0, 0.05) is 31.6 Å². The number of rotatable bonds is 4. The Morgan fingerprint density at radius 1 is 1.24 bits per heavy atom. The van der Waals surface area contributed by atoms with Gasteiger partial charge in [-0.25, -0.2) is 0 Å². The molecule has 2 amide bonds. The lowest BCUT2D eigenvalue weighted by atomic mass is 10.2. The molecule has 0 radical (unpaired) electrons. The van der Waals surface area contributed by atoms with Gasteiger partial charge in [0.25, 0.3) is 5.91 Å². The van der Waals surface area contributed by atoms with Crippen LogP contribution in [0.5, 0.6) is 0 Å². The van der Waals surface area contributed by atoms with Crippen LogP contribution in [0, 0.1) is 6.92 Å². The first-order chi connectivity index (χ1) is 12.0. The highest BCUT2D eigenvalue weighted by Gasteiger charge is 2.25. The molecule has 1 saturated heterocycles. The van der Waals surface area contributed by atoms with Crippen molar-refractivity contribution in [2.75, 3.05) is 38.0 Å². The molecule has 0 atom stereocenters. The van der Waals surface area contributed by atoms with E-state index in [1.54, 1.807) is 17.5 Å². The molecule has 1 fully saturated rings. The molecule has 3 rings (SSSR count). The molecule has 1 aliphatic heterocycles. The smallest absolute Gasteiger partial charge is 0.256 e. The highest BCUT2D eigenvalue weighted by Crippen LogP contribution is 2.20. The van der Waals surface area contributed by atoms with Crippen LogP contribution in [0.15, 0.2) is 29.6 Å². The number of carbonyl (C=O) groups excluding carboxylic acids is 2. The Bertz CT molecular complexity index is 772. The van der Waals surface area contributed by atoms with Crippen molar-refractivity contribution in [3.05, 3.63) is 45.9 Å². The number of benzene rings is 1. The molecule has 2 aromatic rings. The van der Waals surface area contributed by atoms with Gasteiger partial charge in [-0.2, -0.15) is 4.37 Å². The monoisotopic (exact) mass is 378 g/mol. The van der Waals surface area contributed by atoms with Crippen LogP contribution in [0.1, 0.15) is 16.1 Å². The third-order valence-electron chi connectivity index (χ3n) is 4.16. The summed E-state index contributed by atoms with van der Waals surface area (Å²) < 4.78 is 4.15. The van der Waals surface area contributed by atoms with Crippen molar-refractivity contribution in [3.63, 3.8) is 0 Å². The molecule has 132 valence electrons. The molecule has 25 heavy (non-hydrogen) atoms. The van der Waals surface area contributed by atoms with Crippen LogP contribution < -0.4 is 5.32 Å². The minimum absolute atomic E-state index is 0.0198. The molecule has 0 saturated carbocycles. The largest absolute Gasteiger partial charge is 0.336 e. The SMILES string of the molecule is Cc1nscc1C(=O)N1CCN(CC(=O)Nc2ccccc2Cl)CC1. The zero-order valence-corrected chi connectivity index (χ0v) is 15.4. The van der Waals surface area contributed by atoms with Gasteiger partial charge in [-0.1, -0.05) is 23.7 Å². The van der Waals surface area contributed by atoms with Crippen molar-refractivity contribution in [1.29, 1.82) is 0 Å². The number of amides is 2. The lowest BCUT2D eigenvalue weighted by Gasteiger charge is -2.34. The number of hydrogen-bond acceptors (Lipinski definition) is 5. The zero-order valence-electron chi connectivity index (χ0n) is 13.9. The van der Waals surface area contributed by atoms with Crippen molar-refractivity contribution in [1.82, 2.24) is 14.2 Å². The molecule has 6 nitrogen and oxygen atoms in total. The minimum atomic E-state index is -0.106. The fourth-order valence-electron chi connectivity index (χ4n) is 2.73. The Morgan fingerprint density at radius 2 is 1.96 bits per heavy atom. The first-order valence-electron chi connectivity index (χ1n) is 8.01. The van der Waals surface area contributed by atoms with Gasteiger partial charge in [-0.15, -0.1) is 0 Å². The molecule has 1 aromatic carbocycles. The van der Waals surface area contributed by atoms with E-state index in [4.69, 9.17) is 11.6 Å². The van der Waals surface area contributed by atoms with Gasteiger partial charge < -0.3 is 10.2 Å². The average Bonchev–Trinajstić information content (AvgIpc) is 3.03. The molecule has 0 unspecified atom stereocenters. The summed E-state index contributed by atoms with van der Waals surface area (Å²) in [7, 11) is 0. The highest BCUT2D eigenvalue weighted by molar-refractivity contribution is 7.03. The first-order valence-corrected chi connectivity index (χ1v) is 9.23. The van der Waals surface area contributed by atoms with Crippen molar-refractivity contribution < 1.29 is 9.59 Å². The van der Waals surface area contributed by atoms with Crippen LogP contribution in [0.3, 0.4) is 0 Å². The van der Waals surface area contributed by atoms with Gasteiger partial charge in [0.1, 0.15) is 0 Å². The first kappa shape index (κ1) is 17.8. The summed E-state index contributed by atoms with van der Waals surface area (Å²) in [6, 6.07) is 7.16. The van der Waals surface area contributed by atoms with Gasteiger partial charge in [-0.05, 0) is 30.6 Å². The average molecular weight is 379 g/mol. The number of carbonyl (C=O) groups is 2. The Morgan fingerprint density at radius 3 is 2.60 bits per heavy atom. The third kappa shape index (κ3) is 4.36. The topological polar surface area (TPSA) is 65.5 Å². The second-order valence-electron chi connectivity index (χ2n) is 5.91. The fourth-order valence-corrected chi connectivity index (χ4v) is 3.60. The van der Waals surface area contributed by atoms with E-state index in [-0.39, 0.29) is 18.4 Å². The number of piperazine rings is 1. The van der Waals surface area contributed by atoms with E-state index < -0.39 is 0 Å². The number of nitrogens with one attached hydrogen (secondary N) is 1. The molecule has 0 spiro atoms. The van der Waals surface area contributed by atoms with E-state index in [9.17, 15) is 9.59 Å². The molecule has 1 aromatic heterocycles. The Kier molecular flexibility index (Phi) is 5.67. The van der Waals surface area contributed by atoms with E-state index in [0.29, 0.717) is 42.5 Å². The van der Waals surface area contributed by atoms with E-state index in [2.05, 4.69) is 9.69 Å². The molecule has 0 bridgehead atoms. The normalized spacial score (nSPS) is 15.2. The number of halogens is 1. The molecule has 1 N–H and O–H groups in total. The standard InChI is InChI=1S/C17H19ClN4O2S/c1-12-13(11-25-20-12)17(24)22-8-6-21(7-9-22)10-16(23)19-15-5-3-2-4-14(15)18/h2-5,11H,6-10H2,1H3,(H,19,23). The Labute approximate surface area is 155 Å². The molecular formula is C17H19ClN4O2S. The van der Waals surface area contributed by atoms with Crippen LogP contribution >= 0.6 is 23.1 Å². The quantitative estimate of drug-likeness (QED) is 0.887. The van der Waals surface area contributed by atoms with Gasteiger partial charge in [-0.3, -0.25) is 14.5 Å². The van der Waals surface area contributed by atoms with E-state index in [0.717, 1.165) is 5.69 Å². The summed E-state index contributed by atoms with van der Waals surface area (Å²) in [5.41, 5.74) is 2.06. The van der Waals surface area contributed by atoms with E-state index in [1.165, 1.54) is 11.5 Å². The second kappa shape index (κ2) is 7.95. The molecule has 2 heterocycles. The van der Waals surface area contributed by atoms with Crippen LogP contribution in [0.4, 0.5) is 5.69 Å². The number of hydrogen-bond donors (Lipinski definition) is 1.